The summed E-state index contributed by atoms with van der Waals surface area (Å²) in [4.78, 5) is 39.2. The molecule has 1 atom stereocenters. The van der Waals surface area contributed by atoms with Gasteiger partial charge in [0, 0.05) is 11.2 Å². The molecule has 0 saturated carbocycles. The van der Waals surface area contributed by atoms with Gasteiger partial charge in [0.1, 0.15) is 12.6 Å². The first-order chi connectivity index (χ1) is 10.2. The predicted octanol–water partition coefficient (Wildman–Crippen LogP) is 1.76. The van der Waals surface area contributed by atoms with Crippen LogP contribution in [0.4, 0.5) is 10.5 Å². The van der Waals surface area contributed by atoms with Crippen LogP contribution in [0.1, 0.15) is 27.7 Å². The molecule has 1 saturated heterocycles. The monoisotopic (exact) mass is 303 g/mol. The third kappa shape index (κ3) is 3.27. The lowest BCUT2D eigenvalue weighted by Gasteiger charge is -2.22. The fraction of sp³-hybridized carbons (Fsp3) is 0.438. The van der Waals surface area contributed by atoms with E-state index in [0.29, 0.717) is 5.69 Å². The van der Waals surface area contributed by atoms with E-state index in [9.17, 15) is 14.4 Å². The molecule has 2 rings (SSSR count). The molecule has 0 aliphatic carbocycles. The Labute approximate surface area is 130 Å². The van der Waals surface area contributed by atoms with E-state index in [0.717, 1.165) is 4.90 Å². The molecule has 0 bridgehead atoms. The molecular formula is C16H21N3O3. The Morgan fingerprint density at radius 3 is 2.32 bits per heavy atom. The molecule has 1 heterocycles. The quantitative estimate of drug-likeness (QED) is 0.865. The topological polar surface area (TPSA) is 69.7 Å². The average Bonchev–Trinajstić information content (AvgIpc) is 2.62. The molecule has 4 amide bonds. The van der Waals surface area contributed by atoms with E-state index in [1.54, 1.807) is 31.2 Å². The zero-order valence-corrected chi connectivity index (χ0v) is 13.3. The minimum absolute atomic E-state index is 0.261. The van der Waals surface area contributed by atoms with Gasteiger partial charge in [-0.3, -0.25) is 19.4 Å². The van der Waals surface area contributed by atoms with Crippen LogP contribution in [0, 0.1) is 0 Å². The van der Waals surface area contributed by atoms with Crippen molar-refractivity contribution in [1.82, 2.24) is 10.2 Å². The summed E-state index contributed by atoms with van der Waals surface area (Å²) in [6.07, 6.45) is 0. The maximum Gasteiger partial charge on any atom is 0.332 e. The number of urea groups is 1. The second-order valence-corrected chi connectivity index (χ2v) is 6.39. The number of nitrogens with zero attached hydrogens (tertiary/aromatic N) is 2. The molecule has 1 fully saturated rings. The van der Waals surface area contributed by atoms with Gasteiger partial charge in [-0.2, -0.15) is 0 Å². The normalized spacial score (nSPS) is 18.8. The van der Waals surface area contributed by atoms with E-state index in [-0.39, 0.29) is 18.4 Å². The van der Waals surface area contributed by atoms with Crippen LogP contribution >= 0.6 is 0 Å². The van der Waals surface area contributed by atoms with Gasteiger partial charge in [0.15, 0.2) is 0 Å². The Bertz CT molecular complexity index is 592. The maximum atomic E-state index is 12.5. The van der Waals surface area contributed by atoms with Crippen LogP contribution in [0.15, 0.2) is 30.3 Å². The zero-order valence-electron chi connectivity index (χ0n) is 13.3. The Morgan fingerprint density at radius 2 is 1.77 bits per heavy atom. The van der Waals surface area contributed by atoms with Crippen LogP contribution in [-0.4, -0.2) is 40.9 Å². The summed E-state index contributed by atoms with van der Waals surface area (Å²) in [5.41, 5.74) is 0.236. The van der Waals surface area contributed by atoms with Crippen molar-refractivity contribution >= 4 is 23.5 Å². The van der Waals surface area contributed by atoms with Gasteiger partial charge in [0.25, 0.3) is 5.91 Å². The van der Waals surface area contributed by atoms with Crippen molar-refractivity contribution in [2.75, 3.05) is 11.4 Å². The predicted molar refractivity (Wildman–Crippen MR) is 83.4 cm³/mol. The second kappa shape index (κ2) is 5.79. The number of carbonyl (C=O) groups excluding carboxylic acids is 3. The molecule has 0 spiro atoms. The molecule has 0 aromatic heterocycles. The third-order valence-corrected chi connectivity index (χ3v) is 3.30. The number of hydrogen-bond acceptors (Lipinski definition) is 3. The van der Waals surface area contributed by atoms with E-state index < -0.39 is 17.6 Å². The van der Waals surface area contributed by atoms with Crippen LogP contribution in [0.5, 0.6) is 0 Å². The van der Waals surface area contributed by atoms with Crippen molar-refractivity contribution in [1.29, 1.82) is 0 Å². The molecule has 0 unspecified atom stereocenters. The van der Waals surface area contributed by atoms with E-state index in [1.807, 2.05) is 26.8 Å². The summed E-state index contributed by atoms with van der Waals surface area (Å²) in [7, 11) is 0. The number of nitrogens with one attached hydrogen (secondary N) is 1. The molecule has 1 N–H and O–H groups in total. The Balaban J connectivity index is 2.16. The molecule has 1 aliphatic heterocycles. The minimum Gasteiger partial charge on any atom is -0.350 e. The fourth-order valence-electron chi connectivity index (χ4n) is 2.40. The van der Waals surface area contributed by atoms with E-state index in [1.165, 1.54) is 4.90 Å². The van der Waals surface area contributed by atoms with Crippen LogP contribution in [0.25, 0.3) is 0 Å². The Morgan fingerprint density at radius 1 is 1.18 bits per heavy atom. The van der Waals surface area contributed by atoms with Crippen molar-refractivity contribution in [2.45, 2.75) is 39.3 Å². The molecule has 118 valence electrons. The van der Waals surface area contributed by atoms with E-state index in [2.05, 4.69) is 5.32 Å². The second-order valence-electron chi connectivity index (χ2n) is 6.39. The Kier molecular flexibility index (Phi) is 4.21. The highest BCUT2D eigenvalue weighted by molar-refractivity contribution is 6.15. The summed E-state index contributed by atoms with van der Waals surface area (Å²) >= 11 is 0. The third-order valence-electron chi connectivity index (χ3n) is 3.30. The summed E-state index contributed by atoms with van der Waals surface area (Å²) in [5, 5.41) is 2.75. The van der Waals surface area contributed by atoms with E-state index in [4.69, 9.17) is 0 Å². The average molecular weight is 303 g/mol. The number of carbonyl (C=O) groups is 3. The largest absolute Gasteiger partial charge is 0.350 e. The first-order valence-corrected chi connectivity index (χ1v) is 7.21. The molecule has 1 aromatic rings. The van der Waals surface area contributed by atoms with Crippen LogP contribution in [-0.2, 0) is 9.59 Å². The standard InChI is InChI=1S/C16H21N3O3/c1-11-14(21)18(10-13(20)17-16(2,3)4)15(22)19(11)12-8-6-5-7-9-12/h5-9,11H,10H2,1-4H3,(H,17,20)/t11-/m0/s1. The van der Waals surface area contributed by atoms with Crippen molar-refractivity contribution in [3.8, 4) is 0 Å². The van der Waals surface area contributed by atoms with Gasteiger partial charge in [-0.15, -0.1) is 0 Å². The van der Waals surface area contributed by atoms with Crippen LogP contribution in [0.3, 0.4) is 0 Å². The lowest BCUT2D eigenvalue weighted by Crippen LogP contribution is -2.47. The maximum absolute atomic E-state index is 12.5. The molecule has 1 aromatic carbocycles. The van der Waals surface area contributed by atoms with Gasteiger partial charge >= 0.3 is 6.03 Å². The highest BCUT2D eigenvalue weighted by Gasteiger charge is 2.44. The van der Waals surface area contributed by atoms with Gasteiger partial charge in [-0.1, -0.05) is 18.2 Å². The summed E-state index contributed by atoms with van der Waals surface area (Å²) in [6.45, 7) is 6.93. The summed E-state index contributed by atoms with van der Waals surface area (Å²) < 4.78 is 0. The first kappa shape index (κ1) is 16.0. The SMILES string of the molecule is C[C@H]1C(=O)N(CC(=O)NC(C)(C)C)C(=O)N1c1ccccc1. The van der Waals surface area contributed by atoms with Gasteiger partial charge in [0.05, 0.1) is 0 Å². The number of amides is 4. The van der Waals surface area contributed by atoms with Crippen molar-refractivity contribution in [2.24, 2.45) is 0 Å². The van der Waals surface area contributed by atoms with Gasteiger partial charge in [-0.05, 0) is 39.8 Å². The van der Waals surface area contributed by atoms with Crippen LogP contribution in [0.2, 0.25) is 0 Å². The molecule has 1 aliphatic rings. The van der Waals surface area contributed by atoms with Gasteiger partial charge < -0.3 is 5.32 Å². The summed E-state index contributed by atoms with van der Waals surface area (Å²) in [6, 6.07) is 7.89. The molecule has 0 radical (unpaired) electrons. The smallest absolute Gasteiger partial charge is 0.332 e. The van der Waals surface area contributed by atoms with E-state index >= 15 is 0 Å². The molecule has 22 heavy (non-hydrogen) atoms. The molecular weight excluding hydrogens is 282 g/mol. The van der Waals surface area contributed by atoms with Gasteiger partial charge in [0.2, 0.25) is 5.91 Å². The number of imide groups is 1. The summed E-state index contributed by atoms with van der Waals surface area (Å²) in [5.74, 6) is -0.714. The number of para-hydroxylation sites is 1. The molecule has 6 nitrogen and oxygen atoms in total. The highest BCUT2D eigenvalue weighted by Crippen LogP contribution is 2.25. The highest BCUT2D eigenvalue weighted by atomic mass is 16.2. The number of anilines is 1. The Hall–Kier alpha value is -2.37. The lowest BCUT2D eigenvalue weighted by atomic mass is 10.1. The zero-order chi connectivity index (χ0) is 16.5. The first-order valence-electron chi connectivity index (χ1n) is 7.21. The van der Waals surface area contributed by atoms with Crippen molar-refractivity contribution in [3.63, 3.8) is 0 Å². The number of rotatable bonds is 3. The van der Waals surface area contributed by atoms with Gasteiger partial charge in [-0.25, -0.2) is 4.79 Å². The van der Waals surface area contributed by atoms with Crippen molar-refractivity contribution in [3.05, 3.63) is 30.3 Å². The lowest BCUT2D eigenvalue weighted by molar-refractivity contribution is -0.132. The number of hydrogen-bond donors (Lipinski definition) is 1. The fourth-order valence-corrected chi connectivity index (χ4v) is 2.40. The van der Waals surface area contributed by atoms with Crippen LogP contribution < -0.4 is 10.2 Å². The van der Waals surface area contributed by atoms with Crippen molar-refractivity contribution < 1.29 is 14.4 Å². The number of benzene rings is 1. The minimum atomic E-state index is -0.614. The molecule has 6 heteroatoms.